The molecule has 2 N–H and O–H groups in total. The standard InChI is InChI=1S/C14H14N2O3/c15-12-6-2-4-8-14(12)19-10-9-11-5-1-3-7-13(11)16(17)18/h1-8H,9-10,15H2. The largest absolute Gasteiger partial charge is 0.491 e. The molecule has 0 atom stereocenters. The third-order valence-electron chi connectivity index (χ3n) is 2.74. The van der Waals surface area contributed by atoms with Crippen molar-refractivity contribution < 1.29 is 9.66 Å². The Morgan fingerprint density at radius 2 is 1.79 bits per heavy atom. The van der Waals surface area contributed by atoms with Crippen molar-refractivity contribution in [1.82, 2.24) is 0 Å². The topological polar surface area (TPSA) is 78.4 Å². The fraction of sp³-hybridized carbons (Fsp3) is 0.143. The van der Waals surface area contributed by atoms with Crippen LogP contribution in [-0.4, -0.2) is 11.5 Å². The predicted octanol–water partition coefficient (Wildman–Crippen LogP) is 2.80. The van der Waals surface area contributed by atoms with E-state index < -0.39 is 0 Å². The molecule has 0 aliphatic carbocycles. The van der Waals surface area contributed by atoms with Crippen LogP contribution in [0.25, 0.3) is 0 Å². The monoisotopic (exact) mass is 258 g/mol. The molecule has 0 saturated carbocycles. The second kappa shape index (κ2) is 5.86. The molecule has 0 aliphatic heterocycles. The van der Waals surface area contributed by atoms with Gasteiger partial charge in [0.1, 0.15) is 5.75 Å². The summed E-state index contributed by atoms with van der Waals surface area (Å²) in [7, 11) is 0. The third kappa shape index (κ3) is 3.22. The second-order valence-corrected chi connectivity index (χ2v) is 4.02. The maximum atomic E-state index is 10.9. The lowest BCUT2D eigenvalue weighted by Crippen LogP contribution is -2.05. The Kier molecular flexibility index (Phi) is 3.97. The van der Waals surface area contributed by atoms with Crippen LogP contribution in [0.5, 0.6) is 5.75 Å². The highest BCUT2D eigenvalue weighted by atomic mass is 16.6. The summed E-state index contributed by atoms with van der Waals surface area (Å²) in [6.07, 6.45) is 0.464. The first kappa shape index (κ1) is 12.9. The minimum Gasteiger partial charge on any atom is -0.491 e. The Morgan fingerprint density at radius 1 is 1.11 bits per heavy atom. The summed E-state index contributed by atoms with van der Waals surface area (Å²) in [4.78, 5) is 10.5. The molecule has 0 heterocycles. The minimum atomic E-state index is -0.383. The molecule has 5 nitrogen and oxygen atoms in total. The van der Waals surface area contributed by atoms with Crippen LogP contribution in [0, 0.1) is 10.1 Å². The van der Waals surface area contributed by atoms with Gasteiger partial charge in [-0.05, 0) is 12.1 Å². The molecule has 0 saturated heterocycles. The van der Waals surface area contributed by atoms with Crippen LogP contribution < -0.4 is 10.5 Å². The van der Waals surface area contributed by atoms with Gasteiger partial charge in [0.2, 0.25) is 0 Å². The lowest BCUT2D eigenvalue weighted by molar-refractivity contribution is -0.385. The smallest absolute Gasteiger partial charge is 0.272 e. The Balaban J connectivity index is 2.00. The van der Waals surface area contributed by atoms with Crippen molar-refractivity contribution >= 4 is 11.4 Å². The number of hydrogen-bond acceptors (Lipinski definition) is 4. The number of rotatable bonds is 5. The minimum absolute atomic E-state index is 0.118. The summed E-state index contributed by atoms with van der Waals surface area (Å²) in [5.41, 5.74) is 7.08. The summed E-state index contributed by atoms with van der Waals surface area (Å²) < 4.78 is 5.53. The highest BCUT2D eigenvalue weighted by Crippen LogP contribution is 2.21. The Hall–Kier alpha value is -2.56. The Labute approximate surface area is 110 Å². The Morgan fingerprint density at radius 3 is 2.53 bits per heavy atom. The van der Waals surface area contributed by atoms with Gasteiger partial charge in [0.25, 0.3) is 5.69 Å². The summed E-state index contributed by atoms with van der Waals surface area (Å²) in [5.74, 6) is 0.598. The van der Waals surface area contributed by atoms with Gasteiger partial charge in [0.15, 0.2) is 0 Å². The fourth-order valence-corrected chi connectivity index (χ4v) is 1.78. The lowest BCUT2D eigenvalue weighted by atomic mass is 10.1. The van der Waals surface area contributed by atoms with Gasteiger partial charge in [0, 0.05) is 18.1 Å². The van der Waals surface area contributed by atoms with Crippen molar-refractivity contribution in [3.63, 3.8) is 0 Å². The zero-order chi connectivity index (χ0) is 13.7. The van der Waals surface area contributed by atoms with Crippen LogP contribution in [0.15, 0.2) is 48.5 Å². The first-order valence-corrected chi connectivity index (χ1v) is 5.88. The number of anilines is 1. The molecule has 0 bridgehead atoms. The average Bonchev–Trinajstić information content (AvgIpc) is 2.41. The van der Waals surface area contributed by atoms with Crippen LogP contribution in [0.3, 0.4) is 0 Å². The van der Waals surface area contributed by atoms with Crippen LogP contribution in [0.4, 0.5) is 11.4 Å². The molecule has 0 aromatic heterocycles. The molecule has 0 radical (unpaired) electrons. The third-order valence-corrected chi connectivity index (χ3v) is 2.74. The van der Waals surface area contributed by atoms with E-state index >= 15 is 0 Å². The first-order chi connectivity index (χ1) is 9.18. The van der Waals surface area contributed by atoms with E-state index in [0.717, 1.165) is 0 Å². The molecule has 0 unspecified atom stereocenters. The van der Waals surface area contributed by atoms with Gasteiger partial charge >= 0.3 is 0 Å². The van der Waals surface area contributed by atoms with E-state index in [2.05, 4.69) is 0 Å². The van der Waals surface area contributed by atoms with Gasteiger partial charge in [-0.25, -0.2) is 0 Å². The molecule has 98 valence electrons. The van der Waals surface area contributed by atoms with E-state index in [-0.39, 0.29) is 10.6 Å². The van der Waals surface area contributed by atoms with Crippen molar-refractivity contribution in [1.29, 1.82) is 0 Å². The zero-order valence-electron chi connectivity index (χ0n) is 10.3. The lowest BCUT2D eigenvalue weighted by Gasteiger charge is -2.08. The molecule has 0 fully saturated rings. The van der Waals surface area contributed by atoms with Crippen molar-refractivity contribution in [3.8, 4) is 5.75 Å². The van der Waals surface area contributed by atoms with Crippen molar-refractivity contribution in [2.45, 2.75) is 6.42 Å². The molecular weight excluding hydrogens is 244 g/mol. The van der Waals surface area contributed by atoms with E-state index in [1.807, 2.05) is 12.1 Å². The number of ether oxygens (including phenoxy) is 1. The quantitative estimate of drug-likeness (QED) is 0.508. The van der Waals surface area contributed by atoms with E-state index in [1.54, 1.807) is 30.3 Å². The van der Waals surface area contributed by atoms with Crippen LogP contribution in [-0.2, 0) is 6.42 Å². The molecule has 2 aromatic carbocycles. The number of nitro benzene ring substituents is 1. The number of nitrogens with zero attached hydrogens (tertiary/aromatic N) is 1. The van der Waals surface area contributed by atoms with Gasteiger partial charge in [-0.2, -0.15) is 0 Å². The zero-order valence-corrected chi connectivity index (χ0v) is 10.3. The Bertz CT molecular complexity index is 584. The second-order valence-electron chi connectivity index (χ2n) is 4.02. The number of hydrogen-bond donors (Lipinski definition) is 1. The van der Waals surface area contributed by atoms with E-state index in [1.165, 1.54) is 6.07 Å². The number of nitro groups is 1. The van der Waals surface area contributed by atoms with Crippen LogP contribution in [0.1, 0.15) is 5.56 Å². The molecule has 19 heavy (non-hydrogen) atoms. The molecule has 0 spiro atoms. The average molecular weight is 258 g/mol. The fourth-order valence-electron chi connectivity index (χ4n) is 1.78. The van der Waals surface area contributed by atoms with Crippen LogP contribution >= 0.6 is 0 Å². The molecular formula is C14H14N2O3. The predicted molar refractivity (Wildman–Crippen MR) is 73.1 cm³/mol. The van der Waals surface area contributed by atoms with E-state index in [0.29, 0.717) is 30.0 Å². The molecule has 0 amide bonds. The van der Waals surface area contributed by atoms with Gasteiger partial charge in [0.05, 0.1) is 17.2 Å². The first-order valence-electron chi connectivity index (χ1n) is 5.88. The highest BCUT2D eigenvalue weighted by Gasteiger charge is 2.11. The molecule has 2 rings (SSSR count). The van der Waals surface area contributed by atoms with Gasteiger partial charge in [-0.15, -0.1) is 0 Å². The van der Waals surface area contributed by atoms with Crippen LogP contribution in [0.2, 0.25) is 0 Å². The van der Waals surface area contributed by atoms with E-state index in [9.17, 15) is 10.1 Å². The molecule has 0 aliphatic rings. The molecule has 5 heteroatoms. The van der Waals surface area contributed by atoms with Crippen molar-refractivity contribution in [2.75, 3.05) is 12.3 Å². The van der Waals surface area contributed by atoms with Crippen molar-refractivity contribution in [3.05, 3.63) is 64.2 Å². The van der Waals surface area contributed by atoms with E-state index in [4.69, 9.17) is 10.5 Å². The summed E-state index contributed by atoms with van der Waals surface area (Å²) in [6, 6.07) is 13.8. The van der Waals surface area contributed by atoms with Gasteiger partial charge < -0.3 is 10.5 Å². The summed E-state index contributed by atoms with van der Waals surface area (Å²) >= 11 is 0. The van der Waals surface area contributed by atoms with Gasteiger partial charge in [-0.3, -0.25) is 10.1 Å². The number of benzene rings is 2. The SMILES string of the molecule is Nc1ccccc1OCCc1ccccc1[N+](=O)[O-]. The highest BCUT2D eigenvalue weighted by molar-refractivity contribution is 5.51. The molecule has 2 aromatic rings. The maximum Gasteiger partial charge on any atom is 0.272 e. The number of nitrogen functional groups attached to an aromatic ring is 1. The van der Waals surface area contributed by atoms with Gasteiger partial charge in [-0.1, -0.05) is 30.3 Å². The number of para-hydroxylation sites is 3. The normalized spacial score (nSPS) is 10.1. The maximum absolute atomic E-state index is 10.9. The summed E-state index contributed by atoms with van der Waals surface area (Å²) in [6.45, 7) is 0.346. The van der Waals surface area contributed by atoms with Crippen molar-refractivity contribution in [2.24, 2.45) is 0 Å². The number of nitrogens with two attached hydrogens (primary N) is 1. The summed E-state index contributed by atoms with van der Waals surface area (Å²) in [5, 5.41) is 10.9.